The first-order valence-corrected chi connectivity index (χ1v) is 11.1. The van der Waals surface area contributed by atoms with E-state index in [-0.39, 0.29) is 5.82 Å². The molecule has 0 saturated carbocycles. The van der Waals surface area contributed by atoms with Crippen LogP contribution in [0.5, 0.6) is 0 Å². The van der Waals surface area contributed by atoms with Gasteiger partial charge >= 0.3 is 6.03 Å². The molecule has 4 rings (SSSR count). The van der Waals surface area contributed by atoms with Gasteiger partial charge in [0.2, 0.25) is 5.91 Å². The normalized spacial score (nSPS) is 17.7. The standard InChI is InChI=1S/C25H26FN5O3/c1-4-5-17-6-8-18(9-7-17)25(3)23(33)30(24(34)28-25)15-22(32)27-21-14-16(2)29-31(21)20-12-10-19(26)11-13-20/h6-14H,4-5,15H2,1-3H3,(H,27,32)(H,28,34). The first-order valence-electron chi connectivity index (χ1n) is 11.1. The molecule has 1 fully saturated rings. The second-order valence-electron chi connectivity index (χ2n) is 8.50. The molecule has 2 heterocycles. The van der Waals surface area contributed by atoms with E-state index in [2.05, 4.69) is 22.7 Å². The van der Waals surface area contributed by atoms with Crippen molar-refractivity contribution in [3.63, 3.8) is 0 Å². The maximum absolute atomic E-state index is 13.3. The zero-order valence-corrected chi connectivity index (χ0v) is 19.3. The van der Waals surface area contributed by atoms with E-state index < -0.39 is 29.9 Å². The third-order valence-electron chi connectivity index (χ3n) is 5.82. The maximum Gasteiger partial charge on any atom is 0.325 e. The summed E-state index contributed by atoms with van der Waals surface area (Å²) in [5.74, 6) is -1.11. The second-order valence-corrected chi connectivity index (χ2v) is 8.50. The predicted octanol–water partition coefficient (Wildman–Crippen LogP) is 3.68. The zero-order chi connectivity index (χ0) is 24.5. The Balaban J connectivity index is 1.49. The molecule has 9 heteroatoms. The van der Waals surface area contributed by atoms with Gasteiger partial charge in [0.05, 0.1) is 11.4 Å². The van der Waals surface area contributed by atoms with E-state index in [9.17, 15) is 18.8 Å². The molecule has 0 aliphatic carbocycles. The number of halogens is 1. The Labute approximate surface area is 196 Å². The van der Waals surface area contributed by atoms with Gasteiger partial charge in [-0.3, -0.25) is 14.5 Å². The van der Waals surface area contributed by atoms with Crippen LogP contribution in [-0.4, -0.2) is 39.1 Å². The number of aromatic nitrogens is 2. The highest BCUT2D eigenvalue weighted by Gasteiger charge is 2.49. The minimum atomic E-state index is -1.26. The van der Waals surface area contributed by atoms with Gasteiger partial charge in [-0.1, -0.05) is 37.6 Å². The molecule has 2 N–H and O–H groups in total. The second kappa shape index (κ2) is 9.09. The summed E-state index contributed by atoms with van der Waals surface area (Å²) in [7, 11) is 0. The van der Waals surface area contributed by atoms with Crippen LogP contribution in [0.15, 0.2) is 54.6 Å². The molecule has 34 heavy (non-hydrogen) atoms. The summed E-state index contributed by atoms with van der Waals surface area (Å²) in [4.78, 5) is 39.5. The molecule has 176 valence electrons. The number of benzene rings is 2. The lowest BCUT2D eigenvalue weighted by Crippen LogP contribution is -2.42. The smallest absolute Gasteiger partial charge is 0.319 e. The van der Waals surface area contributed by atoms with Gasteiger partial charge in [-0.25, -0.2) is 13.9 Å². The van der Waals surface area contributed by atoms with Gasteiger partial charge in [0.1, 0.15) is 23.7 Å². The number of carbonyl (C=O) groups excluding carboxylic acids is 3. The van der Waals surface area contributed by atoms with Crippen molar-refractivity contribution < 1.29 is 18.8 Å². The molecule has 1 aromatic heterocycles. The quantitative estimate of drug-likeness (QED) is 0.523. The van der Waals surface area contributed by atoms with Crippen LogP contribution in [0.1, 0.15) is 37.1 Å². The molecule has 1 saturated heterocycles. The lowest BCUT2D eigenvalue weighted by molar-refractivity contribution is -0.133. The van der Waals surface area contributed by atoms with E-state index in [1.807, 2.05) is 24.3 Å². The minimum absolute atomic E-state index is 0.343. The van der Waals surface area contributed by atoms with Gasteiger partial charge < -0.3 is 10.6 Å². The van der Waals surface area contributed by atoms with Crippen molar-refractivity contribution >= 4 is 23.7 Å². The SMILES string of the molecule is CCCc1ccc(C2(C)NC(=O)N(CC(=O)Nc3cc(C)nn3-c3ccc(F)cc3)C2=O)cc1. The number of urea groups is 1. The van der Waals surface area contributed by atoms with Crippen LogP contribution in [0.2, 0.25) is 0 Å². The van der Waals surface area contributed by atoms with Crippen LogP contribution in [0, 0.1) is 12.7 Å². The predicted molar refractivity (Wildman–Crippen MR) is 125 cm³/mol. The van der Waals surface area contributed by atoms with E-state index in [0.29, 0.717) is 22.8 Å². The number of rotatable bonds is 7. The van der Waals surface area contributed by atoms with E-state index in [1.54, 1.807) is 19.9 Å². The molecule has 2 aromatic carbocycles. The zero-order valence-electron chi connectivity index (χ0n) is 19.3. The van der Waals surface area contributed by atoms with E-state index in [4.69, 9.17) is 0 Å². The number of nitrogens with zero attached hydrogens (tertiary/aromatic N) is 3. The number of carbonyl (C=O) groups is 3. The molecule has 1 aliphatic rings. The number of hydrogen-bond acceptors (Lipinski definition) is 4. The van der Waals surface area contributed by atoms with Crippen molar-refractivity contribution in [3.05, 3.63) is 77.2 Å². The van der Waals surface area contributed by atoms with Gasteiger partial charge in [-0.05, 0) is 55.7 Å². The lowest BCUT2D eigenvalue weighted by atomic mass is 9.91. The van der Waals surface area contributed by atoms with Gasteiger partial charge in [0, 0.05) is 6.07 Å². The largest absolute Gasteiger partial charge is 0.325 e. The van der Waals surface area contributed by atoms with Crippen molar-refractivity contribution in [2.45, 2.75) is 39.2 Å². The Bertz CT molecular complexity index is 1240. The summed E-state index contributed by atoms with van der Waals surface area (Å²) < 4.78 is 14.7. The number of nitrogens with one attached hydrogen (secondary N) is 2. The van der Waals surface area contributed by atoms with Crippen molar-refractivity contribution in [1.82, 2.24) is 20.0 Å². The van der Waals surface area contributed by atoms with Gasteiger partial charge in [0.25, 0.3) is 5.91 Å². The number of imide groups is 1. The van der Waals surface area contributed by atoms with Crippen LogP contribution in [0.25, 0.3) is 5.69 Å². The summed E-state index contributed by atoms with van der Waals surface area (Å²) >= 11 is 0. The fourth-order valence-corrected chi connectivity index (χ4v) is 4.02. The molecular formula is C25H26FN5O3. The fraction of sp³-hybridized carbons (Fsp3) is 0.280. The Morgan fingerprint density at radius 2 is 1.79 bits per heavy atom. The molecule has 4 amide bonds. The number of aryl methyl sites for hydroxylation is 2. The Hall–Kier alpha value is -4.01. The van der Waals surface area contributed by atoms with Crippen LogP contribution in [-0.2, 0) is 21.5 Å². The first kappa shape index (κ1) is 23.2. The molecule has 1 aliphatic heterocycles. The van der Waals surface area contributed by atoms with Crippen LogP contribution >= 0.6 is 0 Å². The van der Waals surface area contributed by atoms with Crippen LogP contribution < -0.4 is 10.6 Å². The fourth-order valence-electron chi connectivity index (χ4n) is 4.02. The summed E-state index contributed by atoms with van der Waals surface area (Å²) in [6.45, 7) is 5.02. The Kier molecular flexibility index (Phi) is 6.19. The topological polar surface area (TPSA) is 96.3 Å². The summed E-state index contributed by atoms with van der Waals surface area (Å²) in [6, 6.07) is 14.2. The highest BCUT2D eigenvalue weighted by molar-refractivity contribution is 6.10. The maximum atomic E-state index is 13.3. The van der Waals surface area contributed by atoms with Crippen molar-refractivity contribution in [3.8, 4) is 5.69 Å². The molecule has 8 nitrogen and oxygen atoms in total. The highest BCUT2D eigenvalue weighted by atomic mass is 19.1. The van der Waals surface area contributed by atoms with Crippen LogP contribution in [0.3, 0.4) is 0 Å². The number of amides is 4. The average molecular weight is 464 g/mol. The molecule has 3 aromatic rings. The van der Waals surface area contributed by atoms with E-state index in [1.165, 1.54) is 28.9 Å². The third-order valence-corrected chi connectivity index (χ3v) is 5.82. The summed E-state index contributed by atoms with van der Waals surface area (Å²) in [5.41, 5.74) is 1.73. The van der Waals surface area contributed by atoms with Gasteiger partial charge in [-0.15, -0.1) is 0 Å². The van der Waals surface area contributed by atoms with Crippen molar-refractivity contribution in [1.29, 1.82) is 0 Å². The molecule has 0 radical (unpaired) electrons. The summed E-state index contributed by atoms with van der Waals surface area (Å²) in [6.07, 6.45) is 1.94. The van der Waals surface area contributed by atoms with Crippen molar-refractivity contribution in [2.75, 3.05) is 11.9 Å². The molecule has 1 atom stereocenters. The molecule has 0 bridgehead atoms. The monoisotopic (exact) mass is 463 g/mol. The third kappa shape index (κ3) is 4.41. The van der Waals surface area contributed by atoms with E-state index in [0.717, 1.165) is 23.3 Å². The highest BCUT2D eigenvalue weighted by Crippen LogP contribution is 2.29. The van der Waals surface area contributed by atoms with Gasteiger partial charge in [-0.2, -0.15) is 5.10 Å². The number of hydrogen-bond donors (Lipinski definition) is 2. The Morgan fingerprint density at radius 1 is 1.12 bits per heavy atom. The van der Waals surface area contributed by atoms with E-state index >= 15 is 0 Å². The lowest BCUT2D eigenvalue weighted by Gasteiger charge is -2.22. The van der Waals surface area contributed by atoms with Crippen LogP contribution in [0.4, 0.5) is 15.0 Å². The Morgan fingerprint density at radius 3 is 2.44 bits per heavy atom. The molecular weight excluding hydrogens is 437 g/mol. The van der Waals surface area contributed by atoms with Crippen molar-refractivity contribution in [2.24, 2.45) is 0 Å². The summed E-state index contributed by atoms with van der Waals surface area (Å²) in [5, 5.41) is 9.74. The average Bonchev–Trinajstić information content (AvgIpc) is 3.27. The molecule has 0 spiro atoms. The van der Waals surface area contributed by atoms with Gasteiger partial charge in [0.15, 0.2) is 0 Å². The molecule has 1 unspecified atom stereocenters. The first-order chi connectivity index (χ1) is 16.2. The number of anilines is 1. The minimum Gasteiger partial charge on any atom is -0.319 e.